The van der Waals surface area contributed by atoms with E-state index in [9.17, 15) is 4.79 Å². The van der Waals surface area contributed by atoms with Crippen molar-refractivity contribution in [3.63, 3.8) is 0 Å². The third-order valence-electron chi connectivity index (χ3n) is 4.65. The van der Waals surface area contributed by atoms with Crippen molar-refractivity contribution in [3.8, 4) is 0 Å². The lowest BCUT2D eigenvalue weighted by Gasteiger charge is -2.32. The number of piperidine rings is 1. The number of carbonyl (C=O) groups excluding carboxylic acids is 1. The Morgan fingerprint density at radius 3 is 2.69 bits per heavy atom. The molecule has 1 saturated heterocycles. The summed E-state index contributed by atoms with van der Waals surface area (Å²) >= 11 is 5.91. The number of halogens is 1. The average Bonchev–Trinajstić information content (AvgIpc) is 2.68. The molecule has 0 radical (unpaired) electrons. The molecule has 0 aliphatic carbocycles. The van der Waals surface area contributed by atoms with E-state index in [0.29, 0.717) is 24.7 Å². The van der Waals surface area contributed by atoms with Crippen LogP contribution in [0.5, 0.6) is 0 Å². The molecule has 1 aromatic carbocycles. The number of amides is 2. The number of nitrogens with zero attached hydrogens (tertiary/aromatic N) is 2. The fraction of sp³-hybridized carbons (Fsp3) is 0.400. The number of nitrogens with one attached hydrogen (secondary N) is 1. The molecule has 0 unspecified atom stereocenters. The summed E-state index contributed by atoms with van der Waals surface area (Å²) in [5.41, 5.74) is 2.11. The van der Waals surface area contributed by atoms with E-state index in [-0.39, 0.29) is 18.2 Å². The highest BCUT2D eigenvalue weighted by atomic mass is 35.5. The van der Waals surface area contributed by atoms with Crippen LogP contribution in [-0.2, 0) is 11.3 Å². The molecule has 1 atom stereocenters. The van der Waals surface area contributed by atoms with Gasteiger partial charge >= 0.3 is 6.03 Å². The summed E-state index contributed by atoms with van der Waals surface area (Å²) in [6.07, 6.45) is 5.46. The number of benzene rings is 1. The summed E-state index contributed by atoms with van der Waals surface area (Å²) in [6.45, 7) is 3.96. The van der Waals surface area contributed by atoms with Gasteiger partial charge in [0.25, 0.3) is 0 Å². The minimum Gasteiger partial charge on any atom is -0.373 e. The summed E-state index contributed by atoms with van der Waals surface area (Å²) in [6, 6.07) is 11.4. The Labute approximate surface area is 159 Å². The zero-order valence-electron chi connectivity index (χ0n) is 14.9. The van der Waals surface area contributed by atoms with Crippen molar-refractivity contribution in [1.82, 2.24) is 15.2 Å². The highest BCUT2D eigenvalue weighted by Gasteiger charge is 2.24. The number of rotatable bonds is 5. The van der Waals surface area contributed by atoms with Gasteiger partial charge in [0.15, 0.2) is 0 Å². The van der Waals surface area contributed by atoms with Crippen LogP contribution in [-0.4, -0.2) is 35.1 Å². The van der Waals surface area contributed by atoms with Gasteiger partial charge in [-0.1, -0.05) is 29.8 Å². The highest BCUT2D eigenvalue weighted by Crippen LogP contribution is 2.19. The van der Waals surface area contributed by atoms with Gasteiger partial charge in [-0.05, 0) is 49.1 Å². The number of likely N-dealkylation sites (tertiary alicyclic amines) is 1. The normalized spacial score (nSPS) is 16.3. The van der Waals surface area contributed by atoms with Gasteiger partial charge in [-0.2, -0.15) is 0 Å². The van der Waals surface area contributed by atoms with E-state index in [0.717, 1.165) is 24.0 Å². The van der Waals surface area contributed by atoms with Gasteiger partial charge in [0.1, 0.15) is 0 Å². The van der Waals surface area contributed by atoms with Crippen molar-refractivity contribution in [2.45, 2.75) is 38.5 Å². The predicted molar refractivity (Wildman–Crippen MR) is 102 cm³/mol. The van der Waals surface area contributed by atoms with Crippen molar-refractivity contribution in [1.29, 1.82) is 0 Å². The minimum atomic E-state index is -0.0562. The second kappa shape index (κ2) is 9.01. The highest BCUT2D eigenvalue weighted by molar-refractivity contribution is 6.30. The topological polar surface area (TPSA) is 54.5 Å². The molecule has 0 saturated carbocycles. The van der Waals surface area contributed by atoms with Crippen LogP contribution in [0.15, 0.2) is 48.8 Å². The first-order chi connectivity index (χ1) is 12.6. The van der Waals surface area contributed by atoms with Gasteiger partial charge in [0, 0.05) is 30.5 Å². The first-order valence-corrected chi connectivity index (χ1v) is 9.31. The Morgan fingerprint density at radius 1 is 1.31 bits per heavy atom. The smallest absolute Gasteiger partial charge is 0.317 e. The number of hydrogen-bond donors (Lipinski definition) is 1. The van der Waals surface area contributed by atoms with Crippen LogP contribution in [0, 0.1) is 0 Å². The van der Waals surface area contributed by atoms with E-state index in [1.54, 1.807) is 6.20 Å². The van der Waals surface area contributed by atoms with Crippen molar-refractivity contribution in [2.75, 3.05) is 13.1 Å². The fourth-order valence-electron chi connectivity index (χ4n) is 3.03. The van der Waals surface area contributed by atoms with E-state index in [2.05, 4.69) is 10.3 Å². The third kappa shape index (κ3) is 5.19. The number of pyridine rings is 1. The number of carbonyl (C=O) groups is 1. The predicted octanol–water partition coefficient (Wildman–Crippen LogP) is 4.19. The standard InChI is InChI=1S/C20H24ClN3O2/c1-15(17-4-6-18(21)7-5-17)23-20(25)24-11-8-19(9-12-24)26-14-16-3-2-10-22-13-16/h2-7,10,13,15,19H,8-9,11-12,14H2,1H3,(H,23,25)/t15-/m0/s1. The van der Waals surface area contributed by atoms with E-state index in [4.69, 9.17) is 16.3 Å². The number of aromatic nitrogens is 1. The maximum atomic E-state index is 12.5. The van der Waals surface area contributed by atoms with E-state index >= 15 is 0 Å². The second-order valence-electron chi connectivity index (χ2n) is 6.58. The largest absolute Gasteiger partial charge is 0.373 e. The van der Waals surface area contributed by atoms with Crippen LogP contribution >= 0.6 is 11.6 Å². The van der Waals surface area contributed by atoms with Gasteiger partial charge in [0.2, 0.25) is 0 Å². The summed E-state index contributed by atoms with van der Waals surface area (Å²) in [7, 11) is 0. The summed E-state index contributed by atoms with van der Waals surface area (Å²) in [4.78, 5) is 18.4. The molecule has 2 aromatic rings. The molecule has 3 rings (SSSR count). The number of ether oxygens (including phenoxy) is 1. The van der Waals surface area contributed by atoms with Crippen LogP contribution < -0.4 is 5.32 Å². The molecular formula is C20H24ClN3O2. The van der Waals surface area contributed by atoms with Crippen LogP contribution in [0.4, 0.5) is 4.79 Å². The summed E-state index contributed by atoms with van der Waals surface area (Å²) in [5.74, 6) is 0. The molecular weight excluding hydrogens is 350 g/mol. The summed E-state index contributed by atoms with van der Waals surface area (Å²) in [5, 5.41) is 3.75. The SMILES string of the molecule is C[C@H](NC(=O)N1CCC(OCc2cccnc2)CC1)c1ccc(Cl)cc1. The van der Waals surface area contributed by atoms with Crippen molar-refractivity contribution >= 4 is 17.6 Å². The van der Waals surface area contributed by atoms with Crippen LogP contribution in [0.2, 0.25) is 5.02 Å². The summed E-state index contributed by atoms with van der Waals surface area (Å²) < 4.78 is 5.95. The molecule has 138 valence electrons. The quantitative estimate of drug-likeness (QED) is 0.855. The first-order valence-electron chi connectivity index (χ1n) is 8.93. The van der Waals surface area contributed by atoms with Gasteiger partial charge < -0.3 is 15.0 Å². The zero-order valence-corrected chi connectivity index (χ0v) is 15.7. The van der Waals surface area contributed by atoms with E-state index in [1.807, 2.05) is 54.4 Å². The Bertz CT molecular complexity index is 701. The maximum absolute atomic E-state index is 12.5. The first kappa shape index (κ1) is 18.7. The van der Waals surface area contributed by atoms with Crippen molar-refractivity contribution in [2.24, 2.45) is 0 Å². The monoisotopic (exact) mass is 373 g/mol. The van der Waals surface area contributed by atoms with Crippen LogP contribution in [0.25, 0.3) is 0 Å². The molecule has 2 heterocycles. The number of hydrogen-bond acceptors (Lipinski definition) is 3. The Kier molecular flexibility index (Phi) is 6.47. The van der Waals surface area contributed by atoms with E-state index < -0.39 is 0 Å². The van der Waals surface area contributed by atoms with Crippen LogP contribution in [0.3, 0.4) is 0 Å². The van der Waals surface area contributed by atoms with Crippen molar-refractivity contribution in [3.05, 3.63) is 64.9 Å². The zero-order chi connectivity index (χ0) is 18.4. The molecule has 1 aliphatic heterocycles. The molecule has 1 fully saturated rings. The molecule has 1 aromatic heterocycles. The average molecular weight is 374 g/mol. The van der Waals surface area contributed by atoms with Crippen LogP contribution in [0.1, 0.15) is 36.9 Å². The van der Waals surface area contributed by atoms with Crippen molar-refractivity contribution < 1.29 is 9.53 Å². The second-order valence-corrected chi connectivity index (χ2v) is 7.02. The third-order valence-corrected chi connectivity index (χ3v) is 4.90. The lowest BCUT2D eigenvalue weighted by Crippen LogP contribution is -2.46. The molecule has 26 heavy (non-hydrogen) atoms. The maximum Gasteiger partial charge on any atom is 0.317 e. The number of urea groups is 1. The molecule has 0 bridgehead atoms. The fourth-order valence-corrected chi connectivity index (χ4v) is 3.16. The molecule has 0 spiro atoms. The Balaban J connectivity index is 1.42. The van der Waals surface area contributed by atoms with Gasteiger partial charge in [-0.3, -0.25) is 4.98 Å². The Hall–Kier alpha value is -2.11. The molecule has 6 heteroatoms. The molecule has 5 nitrogen and oxygen atoms in total. The molecule has 1 aliphatic rings. The van der Waals surface area contributed by atoms with Gasteiger partial charge in [-0.25, -0.2) is 4.79 Å². The molecule has 1 N–H and O–H groups in total. The lowest BCUT2D eigenvalue weighted by molar-refractivity contribution is 0.00421. The van der Waals surface area contributed by atoms with Gasteiger partial charge in [0.05, 0.1) is 18.8 Å². The lowest BCUT2D eigenvalue weighted by atomic mass is 10.1. The molecule has 2 amide bonds. The minimum absolute atomic E-state index is 0.0295. The van der Waals surface area contributed by atoms with E-state index in [1.165, 1.54) is 0 Å². The Morgan fingerprint density at radius 2 is 2.04 bits per heavy atom. The van der Waals surface area contributed by atoms with Gasteiger partial charge in [-0.15, -0.1) is 0 Å².